The van der Waals surface area contributed by atoms with E-state index in [4.69, 9.17) is 17.3 Å². The summed E-state index contributed by atoms with van der Waals surface area (Å²) in [4.78, 5) is 0. The minimum Gasteiger partial charge on any atom is -0.376 e. The van der Waals surface area contributed by atoms with Gasteiger partial charge >= 0.3 is 0 Å². The van der Waals surface area contributed by atoms with Crippen molar-refractivity contribution in [1.82, 2.24) is 0 Å². The van der Waals surface area contributed by atoms with Crippen LogP contribution in [0.15, 0.2) is 22.7 Å². The smallest absolute Gasteiger partial charge is 0.168 e. The number of halogens is 2. The van der Waals surface area contributed by atoms with Crippen LogP contribution < -0.4 is 11.1 Å². The Morgan fingerprint density at radius 2 is 2.17 bits per heavy atom. The van der Waals surface area contributed by atoms with Crippen molar-refractivity contribution < 1.29 is 0 Å². The van der Waals surface area contributed by atoms with E-state index in [1.54, 1.807) is 12.1 Å². The van der Waals surface area contributed by atoms with Crippen molar-refractivity contribution in [3.8, 4) is 0 Å². The van der Waals surface area contributed by atoms with Crippen LogP contribution in [0.1, 0.15) is 0 Å². The molecule has 0 radical (unpaired) electrons. The second-order valence-corrected chi connectivity index (χ2v) is 3.94. The third-order valence-corrected chi connectivity index (χ3v) is 1.91. The van der Waals surface area contributed by atoms with Crippen LogP contribution in [-0.4, -0.2) is 5.11 Å². The SMILES string of the molecule is NC(=S)Nc1cc(Cl)cc(Br)c1. The van der Waals surface area contributed by atoms with Crippen LogP contribution in [0, 0.1) is 0 Å². The molecule has 0 heterocycles. The number of hydrogen-bond donors (Lipinski definition) is 2. The highest BCUT2D eigenvalue weighted by Gasteiger charge is 1.97. The Morgan fingerprint density at radius 3 is 2.67 bits per heavy atom. The normalized spacial score (nSPS) is 9.50. The minimum absolute atomic E-state index is 0.226. The number of rotatable bonds is 1. The lowest BCUT2D eigenvalue weighted by molar-refractivity contribution is 1.58. The molecule has 0 spiro atoms. The molecule has 0 bridgehead atoms. The van der Waals surface area contributed by atoms with Gasteiger partial charge < -0.3 is 11.1 Å². The number of hydrogen-bond acceptors (Lipinski definition) is 1. The minimum atomic E-state index is 0.226. The molecule has 0 aliphatic rings. The van der Waals surface area contributed by atoms with Gasteiger partial charge in [-0.05, 0) is 30.4 Å². The van der Waals surface area contributed by atoms with Crippen LogP contribution in [0.2, 0.25) is 5.02 Å². The third kappa shape index (κ3) is 2.97. The first-order chi connectivity index (χ1) is 5.58. The summed E-state index contributed by atoms with van der Waals surface area (Å²) in [6.07, 6.45) is 0. The quantitative estimate of drug-likeness (QED) is 0.767. The molecule has 0 amide bonds. The molecule has 0 unspecified atom stereocenters. The molecule has 0 aliphatic heterocycles. The van der Waals surface area contributed by atoms with Gasteiger partial charge in [-0.2, -0.15) is 0 Å². The molecular weight excluding hydrogens is 260 g/mol. The second-order valence-electron chi connectivity index (χ2n) is 2.15. The maximum absolute atomic E-state index is 5.78. The van der Waals surface area contributed by atoms with E-state index in [-0.39, 0.29) is 5.11 Å². The van der Waals surface area contributed by atoms with Gasteiger partial charge in [0.05, 0.1) is 0 Å². The van der Waals surface area contributed by atoms with Crippen molar-refractivity contribution in [3.63, 3.8) is 0 Å². The van der Waals surface area contributed by atoms with Crippen LogP contribution in [0.5, 0.6) is 0 Å². The van der Waals surface area contributed by atoms with Crippen molar-refractivity contribution in [2.75, 3.05) is 5.32 Å². The highest BCUT2D eigenvalue weighted by atomic mass is 79.9. The third-order valence-electron chi connectivity index (χ3n) is 1.13. The molecule has 0 aromatic heterocycles. The molecule has 5 heteroatoms. The maximum Gasteiger partial charge on any atom is 0.168 e. The van der Waals surface area contributed by atoms with E-state index in [0.717, 1.165) is 10.2 Å². The molecule has 3 N–H and O–H groups in total. The summed E-state index contributed by atoms with van der Waals surface area (Å²) in [5.74, 6) is 0. The zero-order chi connectivity index (χ0) is 9.14. The first kappa shape index (κ1) is 9.77. The summed E-state index contributed by atoms with van der Waals surface area (Å²) >= 11 is 13.7. The van der Waals surface area contributed by atoms with Crippen LogP contribution in [-0.2, 0) is 0 Å². The Hall–Kier alpha value is -0.320. The van der Waals surface area contributed by atoms with Crippen LogP contribution in [0.4, 0.5) is 5.69 Å². The first-order valence-electron chi connectivity index (χ1n) is 3.10. The Bertz CT molecular complexity index is 296. The maximum atomic E-state index is 5.78. The van der Waals surface area contributed by atoms with E-state index < -0.39 is 0 Å². The van der Waals surface area contributed by atoms with E-state index in [1.165, 1.54) is 0 Å². The number of anilines is 1. The molecule has 64 valence electrons. The monoisotopic (exact) mass is 264 g/mol. The summed E-state index contributed by atoms with van der Waals surface area (Å²) in [7, 11) is 0. The molecule has 1 rings (SSSR count). The van der Waals surface area contributed by atoms with E-state index in [9.17, 15) is 0 Å². The molecule has 0 atom stereocenters. The molecule has 0 fully saturated rings. The Labute approximate surface area is 89.2 Å². The van der Waals surface area contributed by atoms with Crippen molar-refractivity contribution in [2.45, 2.75) is 0 Å². The predicted octanol–water partition coefficient (Wildman–Crippen LogP) is 2.76. The molecule has 2 nitrogen and oxygen atoms in total. The summed E-state index contributed by atoms with van der Waals surface area (Å²) in [6, 6.07) is 5.36. The number of benzene rings is 1. The van der Waals surface area contributed by atoms with E-state index >= 15 is 0 Å². The molecule has 1 aromatic carbocycles. The van der Waals surface area contributed by atoms with Crippen LogP contribution in [0.3, 0.4) is 0 Å². The largest absolute Gasteiger partial charge is 0.376 e. The topological polar surface area (TPSA) is 38.0 Å². The zero-order valence-corrected chi connectivity index (χ0v) is 9.13. The van der Waals surface area contributed by atoms with E-state index in [2.05, 4.69) is 33.5 Å². The average molecular weight is 266 g/mol. The van der Waals surface area contributed by atoms with E-state index in [1.807, 2.05) is 6.07 Å². The van der Waals surface area contributed by atoms with Crippen molar-refractivity contribution in [2.24, 2.45) is 5.73 Å². The van der Waals surface area contributed by atoms with Crippen molar-refractivity contribution in [1.29, 1.82) is 0 Å². The fourth-order valence-electron chi connectivity index (χ4n) is 0.768. The van der Waals surface area contributed by atoms with Gasteiger partial charge in [0.15, 0.2) is 5.11 Å². The van der Waals surface area contributed by atoms with Crippen LogP contribution >= 0.6 is 39.7 Å². The van der Waals surface area contributed by atoms with Crippen LogP contribution in [0.25, 0.3) is 0 Å². The molecular formula is C7H6BrClN2S. The van der Waals surface area contributed by atoms with Gasteiger partial charge in [-0.1, -0.05) is 27.5 Å². The molecule has 1 aromatic rings. The average Bonchev–Trinajstić information content (AvgIpc) is 1.81. The number of nitrogens with one attached hydrogen (secondary N) is 1. The van der Waals surface area contributed by atoms with Gasteiger partial charge in [0.1, 0.15) is 0 Å². The standard InChI is InChI=1S/C7H6BrClN2S/c8-4-1-5(9)3-6(2-4)11-7(10)12/h1-3H,(H3,10,11,12). The van der Waals surface area contributed by atoms with Gasteiger partial charge in [0.25, 0.3) is 0 Å². The Kier molecular flexibility index (Phi) is 3.31. The summed E-state index contributed by atoms with van der Waals surface area (Å²) in [6.45, 7) is 0. The zero-order valence-electron chi connectivity index (χ0n) is 5.97. The second kappa shape index (κ2) is 4.07. The lowest BCUT2D eigenvalue weighted by atomic mass is 10.3. The Morgan fingerprint density at radius 1 is 1.50 bits per heavy atom. The highest BCUT2D eigenvalue weighted by molar-refractivity contribution is 9.10. The summed E-state index contributed by atoms with van der Waals surface area (Å²) in [5, 5.41) is 3.64. The number of nitrogens with two attached hydrogens (primary N) is 1. The Balaban J connectivity index is 2.93. The lowest BCUT2D eigenvalue weighted by Gasteiger charge is -2.04. The fraction of sp³-hybridized carbons (Fsp3) is 0. The van der Waals surface area contributed by atoms with E-state index in [0.29, 0.717) is 5.02 Å². The van der Waals surface area contributed by atoms with Gasteiger partial charge in [-0.15, -0.1) is 0 Å². The first-order valence-corrected chi connectivity index (χ1v) is 4.68. The lowest BCUT2D eigenvalue weighted by Crippen LogP contribution is -2.18. The van der Waals surface area contributed by atoms with Gasteiger partial charge in [0, 0.05) is 15.2 Å². The summed E-state index contributed by atoms with van der Waals surface area (Å²) in [5.41, 5.74) is 6.07. The van der Waals surface area contributed by atoms with Crippen molar-refractivity contribution in [3.05, 3.63) is 27.7 Å². The summed E-state index contributed by atoms with van der Waals surface area (Å²) < 4.78 is 0.883. The molecule has 0 aliphatic carbocycles. The molecule has 0 saturated carbocycles. The molecule has 12 heavy (non-hydrogen) atoms. The predicted molar refractivity (Wildman–Crippen MR) is 59.6 cm³/mol. The molecule has 0 saturated heterocycles. The van der Waals surface area contributed by atoms with Gasteiger partial charge in [-0.3, -0.25) is 0 Å². The van der Waals surface area contributed by atoms with Gasteiger partial charge in [-0.25, -0.2) is 0 Å². The number of thiocarbonyl (C=S) groups is 1. The van der Waals surface area contributed by atoms with Crippen molar-refractivity contribution >= 4 is 50.5 Å². The fourth-order valence-corrected chi connectivity index (χ4v) is 1.75. The van der Waals surface area contributed by atoms with Gasteiger partial charge in [0.2, 0.25) is 0 Å². The highest BCUT2D eigenvalue weighted by Crippen LogP contribution is 2.22.